The van der Waals surface area contributed by atoms with E-state index >= 15 is 0 Å². The average Bonchev–Trinajstić information content (AvgIpc) is 3.16. The molecule has 0 bridgehead atoms. The number of nitrogens with one attached hydrogen (secondary N) is 1. The molecule has 0 fully saturated rings. The summed E-state index contributed by atoms with van der Waals surface area (Å²) >= 11 is 7.26. The van der Waals surface area contributed by atoms with Crippen LogP contribution in [0, 0.1) is 6.92 Å². The predicted octanol–water partition coefficient (Wildman–Crippen LogP) is 4.45. The minimum atomic E-state index is -0.264. The van der Waals surface area contributed by atoms with Crippen LogP contribution in [0.15, 0.2) is 46.0 Å². The van der Waals surface area contributed by atoms with Gasteiger partial charge in [0, 0.05) is 11.6 Å². The van der Waals surface area contributed by atoms with E-state index in [1.54, 1.807) is 12.1 Å². The number of carbonyl (C=O) groups excluding carboxylic acids is 1. The number of benzene rings is 2. The van der Waals surface area contributed by atoms with Crippen LogP contribution in [0.4, 0.5) is 5.69 Å². The van der Waals surface area contributed by atoms with Crippen molar-refractivity contribution in [2.45, 2.75) is 12.1 Å². The van der Waals surface area contributed by atoms with Gasteiger partial charge in [-0.05, 0) is 25.1 Å². The van der Waals surface area contributed by atoms with Crippen molar-refractivity contribution in [1.82, 2.24) is 10.2 Å². The third-order valence-electron chi connectivity index (χ3n) is 3.78. The van der Waals surface area contributed by atoms with Crippen molar-refractivity contribution in [3.63, 3.8) is 0 Å². The SMILES string of the molecule is COc1cc(OC)c(NC(=O)CSc2nnc(-c3ccc(C)cc3)o2)cc1Cl. The highest BCUT2D eigenvalue weighted by atomic mass is 35.5. The Morgan fingerprint density at radius 3 is 2.54 bits per heavy atom. The molecule has 0 atom stereocenters. The lowest BCUT2D eigenvalue weighted by Gasteiger charge is -2.12. The molecule has 1 heterocycles. The topological polar surface area (TPSA) is 86.5 Å². The zero-order valence-electron chi connectivity index (χ0n) is 15.5. The molecular weight excluding hydrogens is 402 g/mol. The maximum absolute atomic E-state index is 12.3. The van der Waals surface area contributed by atoms with Crippen molar-refractivity contribution < 1.29 is 18.7 Å². The number of methoxy groups -OCH3 is 2. The fraction of sp³-hybridized carbons (Fsp3) is 0.211. The first-order valence-corrected chi connectivity index (χ1v) is 9.61. The average molecular weight is 420 g/mol. The Morgan fingerprint density at radius 1 is 1.14 bits per heavy atom. The highest BCUT2D eigenvalue weighted by Crippen LogP contribution is 2.36. The molecule has 0 saturated heterocycles. The molecule has 146 valence electrons. The molecule has 0 saturated carbocycles. The van der Waals surface area contributed by atoms with Gasteiger partial charge in [0.2, 0.25) is 11.8 Å². The molecule has 0 aliphatic heterocycles. The number of rotatable bonds is 7. The molecule has 0 aliphatic carbocycles. The van der Waals surface area contributed by atoms with Crippen molar-refractivity contribution in [1.29, 1.82) is 0 Å². The van der Waals surface area contributed by atoms with Gasteiger partial charge < -0.3 is 19.2 Å². The van der Waals surface area contributed by atoms with E-state index < -0.39 is 0 Å². The number of nitrogens with zero attached hydrogens (tertiary/aromatic N) is 2. The van der Waals surface area contributed by atoms with Gasteiger partial charge in [-0.3, -0.25) is 4.79 Å². The van der Waals surface area contributed by atoms with Gasteiger partial charge in [-0.1, -0.05) is 41.1 Å². The molecular formula is C19H18ClN3O4S. The van der Waals surface area contributed by atoms with E-state index in [0.717, 1.165) is 22.9 Å². The zero-order chi connectivity index (χ0) is 20.1. The van der Waals surface area contributed by atoms with Crippen LogP contribution in [-0.4, -0.2) is 36.1 Å². The van der Waals surface area contributed by atoms with Gasteiger partial charge in [0.25, 0.3) is 5.22 Å². The number of thioether (sulfide) groups is 1. The highest BCUT2D eigenvalue weighted by molar-refractivity contribution is 7.99. The molecule has 9 heteroatoms. The van der Waals surface area contributed by atoms with E-state index in [2.05, 4.69) is 15.5 Å². The predicted molar refractivity (Wildman–Crippen MR) is 108 cm³/mol. The molecule has 1 N–H and O–H groups in total. The van der Waals surface area contributed by atoms with Gasteiger partial charge in [0.15, 0.2) is 0 Å². The van der Waals surface area contributed by atoms with Crippen molar-refractivity contribution >= 4 is 35.0 Å². The summed E-state index contributed by atoms with van der Waals surface area (Å²) in [4.78, 5) is 12.3. The molecule has 1 amide bonds. The summed E-state index contributed by atoms with van der Waals surface area (Å²) in [5, 5.41) is 11.4. The first-order chi connectivity index (χ1) is 13.5. The summed E-state index contributed by atoms with van der Waals surface area (Å²) < 4.78 is 16.0. The molecule has 0 unspecified atom stereocenters. The second-order valence-corrected chi connectivity index (χ2v) is 7.10. The van der Waals surface area contributed by atoms with Gasteiger partial charge in [0.05, 0.1) is 30.7 Å². The highest BCUT2D eigenvalue weighted by Gasteiger charge is 2.15. The fourth-order valence-corrected chi connectivity index (χ4v) is 3.16. The van der Waals surface area contributed by atoms with Crippen LogP contribution in [0.5, 0.6) is 11.5 Å². The summed E-state index contributed by atoms with van der Waals surface area (Å²) in [5.41, 5.74) is 2.42. The summed E-state index contributed by atoms with van der Waals surface area (Å²) in [6.45, 7) is 2.00. The number of amides is 1. The summed E-state index contributed by atoms with van der Waals surface area (Å²) in [6.07, 6.45) is 0. The molecule has 3 rings (SSSR count). The summed E-state index contributed by atoms with van der Waals surface area (Å²) in [5.74, 6) is 1.13. The number of hydrogen-bond acceptors (Lipinski definition) is 7. The molecule has 0 radical (unpaired) electrons. The Morgan fingerprint density at radius 2 is 1.86 bits per heavy atom. The standard InChI is InChI=1S/C19H18ClN3O4S/c1-11-4-6-12(7-5-11)18-22-23-19(27-18)28-10-17(24)21-14-8-13(20)15(25-2)9-16(14)26-3/h4-9H,10H2,1-3H3,(H,21,24). The second-order valence-electron chi connectivity index (χ2n) is 5.76. The maximum Gasteiger partial charge on any atom is 0.277 e. The summed E-state index contributed by atoms with van der Waals surface area (Å²) in [6, 6.07) is 10.9. The molecule has 1 aromatic heterocycles. The van der Waals surface area contributed by atoms with Crippen LogP contribution in [0.25, 0.3) is 11.5 Å². The minimum absolute atomic E-state index is 0.0856. The van der Waals surface area contributed by atoms with Gasteiger partial charge in [-0.2, -0.15) is 0 Å². The Hall–Kier alpha value is -2.71. The minimum Gasteiger partial charge on any atom is -0.495 e. The lowest BCUT2D eigenvalue weighted by Crippen LogP contribution is -2.14. The molecule has 2 aromatic carbocycles. The van der Waals surface area contributed by atoms with Crippen molar-refractivity contribution in [3.05, 3.63) is 47.0 Å². The lowest BCUT2D eigenvalue weighted by atomic mass is 10.1. The van der Waals surface area contributed by atoms with E-state index in [9.17, 15) is 4.79 Å². The zero-order valence-corrected chi connectivity index (χ0v) is 17.1. The number of ether oxygens (including phenoxy) is 2. The van der Waals surface area contributed by atoms with Crippen LogP contribution in [0.1, 0.15) is 5.56 Å². The number of carbonyl (C=O) groups is 1. The first kappa shape index (κ1) is 20.0. The Labute approximate surface area is 171 Å². The fourth-order valence-electron chi connectivity index (χ4n) is 2.35. The number of anilines is 1. The smallest absolute Gasteiger partial charge is 0.277 e. The van der Waals surface area contributed by atoms with Gasteiger partial charge in [-0.25, -0.2) is 0 Å². The molecule has 7 nitrogen and oxygen atoms in total. The van der Waals surface area contributed by atoms with Crippen molar-refractivity contribution in [2.24, 2.45) is 0 Å². The third kappa shape index (κ3) is 4.76. The quantitative estimate of drug-likeness (QED) is 0.566. The number of halogens is 1. The molecule has 3 aromatic rings. The van der Waals surface area contributed by atoms with Crippen LogP contribution < -0.4 is 14.8 Å². The van der Waals surface area contributed by atoms with Crippen LogP contribution in [-0.2, 0) is 4.79 Å². The maximum atomic E-state index is 12.3. The monoisotopic (exact) mass is 419 g/mol. The first-order valence-electron chi connectivity index (χ1n) is 8.25. The van der Waals surface area contributed by atoms with Crippen LogP contribution >= 0.6 is 23.4 Å². The number of aromatic nitrogens is 2. The van der Waals surface area contributed by atoms with E-state index in [1.807, 2.05) is 31.2 Å². The second kappa shape index (κ2) is 8.99. The van der Waals surface area contributed by atoms with E-state index in [0.29, 0.717) is 33.3 Å². The summed E-state index contributed by atoms with van der Waals surface area (Å²) in [7, 11) is 3.00. The lowest BCUT2D eigenvalue weighted by molar-refractivity contribution is -0.113. The number of hydrogen-bond donors (Lipinski definition) is 1. The van der Waals surface area contributed by atoms with Gasteiger partial charge in [-0.15, -0.1) is 10.2 Å². The normalized spacial score (nSPS) is 10.6. The van der Waals surface area contributed by atoms with Crippen molar-refractivity contribution in [2.75, 3.05) is 25.3 Å². The van der Waals surface area contributed by atoms with Crippen molar-refractivity contribution in [3.8, 4) is 23.0 Å². The number of aryl methyl sites for hydroxylation is 1. The third-order valence-corrected chi connectivity index (χ3v) is 4.89. The molecule has 0 aliphatic rings. The van der Waals surface area contributed by atoms with Gasteiger partial charge >= 0.3 is 0 Å². The van der Waals surface area contributed by atoms with Crippen LogP contribution in [0.3, 0.4) is 0 Å². The van der Waals surface area contributed by atoms with E-state index in [1.165, 1.54) is 14.2 Å². The van der Waals surface area contributed by atoms with E-state index in [-0.39, 0.29) is 11.7 Å². The molecule has 0 spiro atoms. The van der Waals surface area contributed by atoms with Crippen LogP contribution in [0.2, 0.25) is 5.02 Å². The largest absolute Gasteiger partial charge is 0.495 e. The van der Waals surface area contributed by atoms with E-state index in [4.69, 9.17) is 25.5 Å². The van der Waals surface area contributed by atoms with Gasteiger partial charge in [0.1, 0.15) is 11.5 Å². The Bertz CT molecular complexity index is 976. The Kier molecular flexibility index (Phi) is 6.43. The Balaban J connectivity index is 1.62. The molecule has 28 heavy (non-hydrogen) atoms.